The van der Waals surface area contributed by atoms with Gasteiger partial charge in [0.05, 0.1) is 16.5 Å². The maximum absolute atomic E-state index is 16.5. The van der Waals surface area contributed by atoms with Gasteiger partial charge in [0.25, 0.3) is 0 Å². The summed E-state index contributed by atoms with van der Waals surface area (Å²) < 4.78 is 51.6. The van der Waals surface area contributed by atoms with Crippen LogP contribution in [-0.2, 0) is 0 Å². The summed E-state index contributed by atoms with van der Waals surface area (Å²) >= 11 is 0. The molecule has 7 rings (SSSR count). The first-order valence-corrected chi connectivity index (χ1v) is 13.9. The van der Waals surface area contributed by atoms with E-state index < -0.39 is 17.8 Å². The van der Waals surface area contributed by atoms with Crippen molar-refractivity contribution in [1.29, 1.82) is 0 Å². The van der Waals surface area contributed by atoms with Crippen molar-refractivity contribution in [1.82, 2.24) is 24.9 Å². The second kappa shape index (κ2) is 9.86. The number of hydrogen-bond acceptors (Lipinski definition) is 7. The van der Waals surface area contributed by atoms with Gasteiger partial charge in [-0.1, -0.05) is 30.2 Å². The van der Waals surface area contributed by atoms with Gasteiger partial charge in [0.1, 0.15) is 29.8 Å². The van der Waals surface area contributed by atoms with Crippen LogP contribution in [0.3, 0.4) is 0 Å². The number of aromatic nitrogens is 3. The molecule has 3 saturated heterocycles. The second-order valence-corrected chi connectivity index (χ2v) is 11.2. The van der Waals surface area contributed by atoms with Crippen LogP contribution >= 0.6 is 0 Å². The average Bonchev–Trinajstić information content (AvgIpc) is 3.65. The third-order valence-corrected chi connectivity index (χ3v) is 8.77. The molecule has 0 aliphatic carbocycles. The van der Waals surface area contributed by atoms with Crippen LogP contribution in [0.5, 0.6) is 6.01 Å². The van der Waals surface area contributed by atoms with Crippen LogP contribution in [-0.4, -0.2) is 76.4 Å². The van der Waals surface area contributed by atoms with E-state index in [4.69, 9.17) is 16.1 Å². The minimum absolute atomic E-state index is 0.0155. The molecule has 0 amide bonds. The van der Waals surface area contributed by atoms with Crippen molar-refractivity contribution in [3.63, 3.8) is 0 Å². The molecular weight excluding hydrogens is 529 g/mol. The molecule has 4 aromatic rings. The van der Waals surface area contributed by atoms with Crippen molar-refractivity contribution in [2.75, 3.05) is 44.8 Å². The summed E-state index contributed by atoms with van der Waals surface area (Å²) in [5, 5.41) is 5.51. The van der Waals surface area contributed by atoms with Crippen LogP contribution in [0.4, 0.5) is 19.0 Å². The van der Waals surface area contributed by atoms with Crippen LogP contribution in [0.25, 0.3) is 32.9 Å². The molecule has 0 bridgehead atoms. The van der Waals surface area contributed by atoms with E-state index in [9.17, 15) is 8.78 Å². The van der Waals surface area contributed by atoms with Gasteiger partial charge in [-0.2, -0.15) is 4.98 Å². The summed E-state index contributed by atoms with van der Waals surface area (Å²) in [5.74, 6) is 1.69. The smallest absolute Gasteiger partial charge is 0.317 e. The Morgan fingerprint density at radius 2 is 2.00 bits per heavy atom. The first-order chi connectivity index (χ1) is 19.9. The lowest BCUT2D eigenvalue weighted by Gasteiger charge is -2.30. The van der Waals surface area contributed by atoms with Gasteiger partial charge in [0.15, 0.2) is 11.6 Å². The fraction of sp³-hybridized carbons (Fsp3) is 0.387. The third kappa shape index (κ3) is 4.18. The summed E-state index contributed by atoms with van der Waals surface area (Å²) in [6, 6.07) is 8.21. The summed E-state index contributed by atoms with van der Waals surface area (Å²) in [6.07, 6.45) is 9.48. The van der Waals surface area contributed by atoms with Gasteiger partial charge in [0.2, 0.25) is 0 Å². The molecule has 3 aliphatic rings. The topological polar surface area (TPSA) is 57.6 Å². The van der Waals surface area contributed by atoms with Crippen LogP contribution in [0.15, 0.2) is 36.5 Å². The number of rotatable bonds is 5. The van der Waals surface area contributed by atoms with Crippen LogP contribution in [0.2, 0.25) is 0 Å². The standard InChI is InChI=1S/C31H29F3N6O/c1-3-21-24(33)10-9-19-7-4-8-22(25(19)21)27-26(34)28-23(29(36-27)40-14-6-12-38(40)2)16-35-30(37-28)41-18-31-11-5-13-39(31)17-20(32)15-31/h1,4,7-10,16,20H,5-6,11-15,17-18H2,2H3/t20-,31+/m1/s1. The molecule has 2 atom stereocenters. The van der Waals surface area contributed by atoms with Gasteiger partial charge in [-0.05, 0) is 37.3 Å². The molecule has 5 heterocycles. The summed E-state index contributed by atoms with van der Waals surface area (Å²) in [5.41, 5.74) is 0.0956. The minimum atomic E-state index is -0.888. The van der Waals surface area contributed by atoms with Gasteiger partial charge in [-0.3, -0.25) is 9.91 Å². The lowest BCUT2D eigenvalue weighted by Crippen LogP contribution is -2.43. The predicted octanol–water partition coefficient (Wildman–Crippen LogP) is 5.12. The molecule has 210 valence electrons. The first kappa shape index (κ1) is 26.0. The predicted molar refractivity (Wildman–Crippen MR) is 151 cm³/mol. The Hall–Kier alpha value is -3.94. The van der Waals surface area contributed by atoms with Gasteiger partial charge < -0.3 is 4.74 Å². The second-order valence-electron chi connectivity index (χ2n) is 11.2. The minimum Gasteiger partial charge on any atom is -0.461 e. The fourth-order valence-electron chi connectivity index (χ4n) is 6.82. The van der Waals surface area contributed by atoms with E-state index in [1.807, 2.05) is 17.1 Å². The molecule has 0 spiro atoms. The normalized spacial score (nSPS) is 23.0. The maximum atomic E-state index is 16.5. The van der Waals surface area contributed by atoms with Crippen molar-refractivity contribution in [2.45, 2.75) is 37.4 Å². The van der Waals surface area contributed by atoms with E-state index >= 15 is 4.39 Å². The van der Waals surface area contributed by atoms with E-state index in [-0.39, 0.29) is 34.9 Å². The molecule has 2 aromatic heterocycles. The molecule has 7 nitrogen and oxygen atoms in total. The van der Waals surface area contributed by atoms with Crippen molar-refractivity contribution in [3.8, 4) is 29.6 Å². The number of hydrogen-bond donors (Lipinski definition) is 0. The van der Waals surface area contributed by atoms with Crippen LogP contribution in [0, 0.1) is 24.0 Å². The van der Waals surface area contributed by atoms with Gasteiger partial charge in [-0.15, -0.1) is 6.42 Å². The zero-order valence-corrected chi connectivity index (χ0v) is 22.7. The molecule has 10 heteroatoms. The number of ether oxygens (including phenoxy) is 1. The van der Waals surface area contributed by atoms with E-state index in [0.29, 0.717) is 47.1 Å². The molecule has 3 fully saturated rings. The molecule has 0 unspecified atom stereocenters. The highest BCUT2D eigenvalue weighted by Crippen LogP contribution is 2.41. The number of alkyl halides is 1. The van der Waals surface area contributed by atoms with Crippen molar-refractivity contribution in [2.24, 2.45) is 0 Å². The summed E-state index contributed by atoms with van der Waals surface area (Å²) in [7, 11) is 1.94. The molecular formula is C31H29F3N6O. The number of anilines is 1. The lowest BCUT2D eigenvalue weighted by atomic mass is 9.95. The lowest BCUT2D eigenvalue weighted by molar-refractivity contribution is 0.107. The maximum Gasteiger partial charge on any atom is 0.317 e. The highest BCUT2D eigenvalue weighted by Gasteiger charge is 2.49. The number of hydrazine groups is 1. The summed E-state index contributed by atoms with van der Waals surface area (Å²) in [4.78, 5) is 15.9. The third-order valence-electron chi connectivity index (χ3n) is 8.77. The van der Waals surface area contributed by atoms with Gasteiger partial charge in [0, 0.05) is 50.2 Å². The number of pyridine rings is 1. The Balaban J connectivity index is 1.38. The Morgan fingerprint density at radius 3 is 2.80 bits per heavy atom. The number of fused-ring (bicyclic) bond motifs is 3. The van der Waals surface area contributed by atoms with Crippen molar-refractivity contribution in [3.05, 3.63) is 53.7 Å². The molecule has 2 aromatic carbocycles. The first-order valence-electron chi connectivity index (χ1n) is 13.9. The van der Waals surface area contributed by atoms with E-state index in [1.165, 1.54) is 12.3 Å². The monoisotopic (exact) mass is 558 g/mol. The van der Waals surface area contributed by atoms with Crippen molar-refractivity contribution < 1.29 is 17.9 Å². The Bertz CT molecular complexity index is 1720. The van der Waals surface area contributed by atoms with Crippen molar-refractivity contribution >= 4 is 27.5 Å². The average molecular weight is 559 g/mol. The number of terminal acetylenes is 1. The highest BCUT2D eigenvalue weighted by atomic mass is 19.1. The summed E-state index contributed by atoms with van der Waals surface area (Å²) in [6.45, 7) is 2.97. The van der Waals surface area contributed by atoms with E-state index in [2.05, 4.69) is 20.8 Å². The zero-order chi connectivity index (χ0) is 28.3. The Kier molecular flexibility index (Phi) is 6.25. The molecule has 0 radical (unpaired) electrons. The molecule has 3 aliphatic heterocycles. The largest absolute Gasteiger partial charge is 0.461 e. The SMILES string of the molecule is C#Cc1c(F)ccc2cccc(-c3nc(N4CCCN4C)c4cnc(OC[C@@]56CCCN5C[C@H](F)C6)nc4c3F)c12. The molecule has 0 saturated carbocycles. The zero-order valence-electron chi connectivity index (χ0n) is 22.7. The highest BCUT2D eigenvalue weighted by molar-refractivity contribution is 6.02. The van der Waals surface area contributed by atoms with Crippen LogP contribution in [0.1, 0.15) is 31.2 Å². The fourth-order valence-corrected chi connectivity index (χ4v) is 6.82. The molecule has 41 heavy (non-hydrogen) atoms. The van der Waals surface area contributed by atoms with E-state index in [1.54, 1.807) is 24.3 Å². The number of nitrogens with zero attached hydrogens (tertiary/aromatic N) is 6. The Labute approximate surface area is 235 Å². The number of halogens is 3. The van der Waals surface area contributed by atoms with Crippen LogP contribution < -0.4 is 9.75 Å². The van der Waals surface area contributed by atoms with Gasteiger partial charge in [-0.25, -0.2) is 28.1 Å². The Morgan fingerprint density at radius 1 is 1.12 bits per heavy atom. The van der Waals surface area contributed by atoms with Gasteiger partial charge >= 0.3 is 6.01 Å². The number of benzene rings is 2. The van der Waals surface area contributed by atoms with E-state index in [0.717, 1.165) is 32.4 Å². The molecule has 0 N–H and O–H groups in total. The quantitative estimate of drug-likeness (QED) is 0.316.